The first kappa shape index (κ1) is 19.0. The highest BCUT2D eigenvalue weighted by Gasteiger charge is 2.36. The molecule has 0 bridgehead atoms. The van der Waals surface area contributed by atoms with Crippen molar-refractivity contribution in [1.82, 2.24) is 5.32 Å². The van der Waals surface area contributed by atoms with Gasteiger partial charge in [0.1, 0.15) is 0 Å². The molecule has 0 spiro atoms. The largest absolute Gasteiger partial charge is 0.466 e. The molecule has 0 radical (unpaired) electrons. The Morgan fingerprint density at radius 2 is 2.04 bits per heavy atom. The van der Waals surface area contributed by atoms with Crippen molar-refractivity contribution in [2.24, 2.45) is 4.99 Å². The van der Waals surface area contributed by atoms with Crippen LogP contribution in [0.25, 0.3) is 0 Å². The number of fused-ring (bicyclic) bond motifs is 1. The minimum atomic E-state index is -2.20. The first-order chi connectivity index (χ1) is 11.8. The predicted molar refractivity (Wildman–Crippen MR) is 91.8 cm³/mol. The van der Waals surface area contributed by atoms with Crippen LogP contribution in [0.2, 0.25) is 0 Å². The SMILES string of the molecule is CCOC(=O)CCC(=O)NC(=Nc1ccc2c(c1)OC(C)(F)O2)SC. The number of alkyl halides is 1. The Labute approximate surface area is 148 Å². The number of ether oxygens (including phenoxy) is 3. The highest BCUT2D eigenvalue weighted by molar-refractivity contribution is 8.13. The number of nitrogens with zero attached hydrogens (tertiary/aromatic N) is 1. The number of nitrogens with one attached hydrogen (secondary N) is 1. The third-order valence-electron chi connectivity index (χ3n) is 3.04. The van der Waals surface area contributed by atoms with Crippen LogP contribution < -0.4 is 14.8 Å². The summed E-state index contributed by atoms with van der Waals surface area (Å²) < 4.78 is 28.4. The van der Waals surface area contributed by atoms with Crippen molar-refractivity contribution in [3.8, 4) is 11.5 Å². The van der Waals surface area contributed by atoms with Crippen molar-refractivity contribution in [2.75, 3.05) is 12.9 Å². The molecule has 7 nitrogen and oxygen atoms in total. The number of carbonyl (C=O) groups is 2. The van der Waals surface area contributed by atoms with E-state index in [2.05, 4.69) is 10.3 Å². The van der Waals surface area contributed by atoms with Crippen molar-refractivity contribution < 1.29 is 28.2 Å². The van der Waals surface area contributed by atoms with Gasteiger partial charge in [-0.15, -0.1) is 0 Å². The summed E-state index contributed by atoms with van der Waals surface area (Å²) in [6, 6.07) is 2.47. The van der Waals surface area contributed by atoms with Crippen molar-refractivity contribution in [2.45, 2.75) is 32.7 Å². The lowest BCUT2D eigenvalue weighted by molar-refractivity contribution is -0.173. The molecule has 9 heteroatoms. The number of thioether (sulfide) groups is 1. The summed E-state index contributed by atoms with van der Waals surface area (Å²) in [7, 11) is 0. The van der Waals surface area contributed by atoms with E-state index in [1.54, 1.807) is 25.3 Å². The van der Waals surface area contributed by atoms with Crippen molar-refractivity contribution in [3.63, 3.8) is 0 Å². The predicted octanol–water partition coefficient (Wildman–Crippen LogP) is 2.91. The summed E-state index contributed by atoms with van der Waals surface area (Å²) in [6.45, 7) is 3.14. The molecule has 0 aromatic heterocycles. The highest BCUT2D eigenvalue weighted by Crippen LogP contribution is 2.42. The summed E-state index contributed by atoms with van der Waals surface area (Å²) in [6.07, 6.45) is 1.75. The summed E-state index contributed by atoms with van der Waals surface area (Å²) in [5, 5.41) is 2.96. The van der Waals surface area contributed by atoms with Crippen LogP contribution in [0, 0.1) is 0 Å². The molecule has 0 fully saturated rings. The summed E-state index contributed by atoms with van der Waals surface area (Å²) in [5.74, 6) is -0.253. The fraction of sp³-hybridized carbons (Fsp3) is 0.438. The van der Waals surface area contributed by atoms with Gasteiger partial charge in [0, 0.05) is 19.4 Å². The third kappa shape index (κ3) is 5.63. The summed E-state index contributed by atoms with van der Waals surface area (Å²) >= 11 is 1.23. The van der Waals surface area contributed by atoms with E-state index in [-0.39, 0.29) is 36.9 Å². The van der Waals surface area contributed by atoms with E-state index in [0.717, 1.165) is 6.92 Å². The number of hydrogen-bond donors (Lipinski definition) is 1. The Hall–Kier alpha value is -2.29. The monoisotopic (exact) mass is 370 g/mol. The van der Waals surface area contributed by atoms with E-state index >= 15 is 0 Å². The Balaban J connectivity index is 1.99. The first-order valence-electron chi connectivity index (χ1n) is 7.62. The Kier molecular flexibility index (Phi) is 6.24. The molecule has 1 heterocycles. The van der Waals surface area contributed by atoms with Gasteiger partial charge < -0.3 is 19.5 Å². The maximum absolute atomic E-state index is 13.7. The average Bonchev–Trinajstić information content (AvgIpc) is 2.85. The van der Waals surface area contributed by atoms with Crippen LogP contribution in [-0.2, 0) is 14.3 Å². The van der Waals surface area contributed by atoms with Crippen LogP contribution in [0.1, 0.15) is 26.7 Å². The zero-order chi connectivity index (χ0) is 18.4. The van der Waals surface area contributed by atoms with Gasteiger partial charge in [0.25, 0.3) is 0 Å². The van der Waals surface area contributed by atoms with Crippen LogP contribution in [-0.4, -0.2) is 35.9 Å². The first-order valence-corrected chi connectivity index (χ1v) is 8.84. The standard InChI is InChI=1S/C16H19FN2O5S/c1-4-22-14(21)8-7-13(20)19-15(25-3)18-10-5-6-11-12(9-10)24-16(2,17)23-11/h5-6,9H,4,7-8H2,1-3H3,(H,18,19,20). The van der Waals surface area contributed by atoms with Crippen molar-refractivity contribution in [1.29, 1.82) is 0 Å². The highest BCUT2D eigenvalue weighted by atomic mass is 32.2. The van der Waals surface area contributed by atoms with Gasteiger partial charge in [-0.2, -0.15) is 4.39 Å². The quantitative estimate of drug-likeness (QED) is 0.487. The van der Waals surface area contributed by atoms with E-state index in [1.165, 1.54) is 17.8 Å². The maximum Gasteiger partial charge on any atom is 0.404 e. The number of amidine groups is 1. The number of aliphatic imine (C=N–C) groups is 1. The molecule has 0 aliphatic carbocycles. The molecule has 1 amide bonds. The molecule has 2 rings (SSSR count). The fourth-order valence-electron chi connectivity index (χ4n) is 2.02. The van der Waals surface area contributed by atoms with Crippen LogP contribution in [0.3, 0.4) is 0 Å². The van der Waals surface area contributed by atoms with Crippen molar-refractivity contribution >= 4 is 34.5 Å². The maximum atomic E-state index is 13.7. The Morgan fingerprint density at radius 1 is 1.32 bits per heavy atom. The van der Waals surface area contributed by atoms with Crippen LogP contribution in [0.15, 0.2) is 23.2 Å². The smallest absolute Gasteiger partial charge is 0.404 e. The van der Waals surface area contributed by atoms with E-state index in [1.807, 2.05) is 0 Å². The number of hydrogen-bond acceptors (Lipinski definition) is 7. The number of benzene rings is 1. The molecular weight excluding hydrogens is 351 g/mol. The summed E-state index contributed by atoms with van der Waals surface area (Å²) in [5.41, 5.74) is 0.468. The molecule has 1 unspecified atom stereocenters. The van der Waals surface area contributed by atoms with Crippen LogP contribution in [0.5, 0.6) is 11.5 Å². The minimum Gasteiger partial charge on any atom is -0.466 e. The van der Waals surface area contributed by atoms with E-state index in [0.29, 0.717) is 10.9 Å². The number of amides is 1. The van der Waals surface area contributed by atoms with E-state index < -0.39 is 12.0 Å². The zero-order valence-electron chi connectivity index (χ0n) is 14.1. The second-order valence-electron chi connectivity index (χ2n) is 5.14. The fourth-order valence-corrected chi connectivity index (χ4v) is 2.43. The molecular formula is C16H19FN2O5S. The van der Waals surface area contributed by atoms with Gasteiger partial charge in [0.2, 0.25) is 5.91 Å². The van der Waals surface area contributed by atoms with Gasteiger partial charge in [0.15, 0.2) is 16.7 Å². The molecule has 0 saturated heterocycles. The molecule has 0 saturated carbocycles. The number of carbonyl (C=O) groups excluding carboxylic acids is 2. The van der Waals surface area contributed by atoms with Gasteiger partial charge in [-0.3, -0.25) is 9.59 Å². The summed E-state index contributed by atoms with van der Waals surface area (Å²) in [4.78, 5) is 27.4. The molecule has 1 aromatic carbocycles. The molecule has 1 aromatic rings. The van der Waals surface area contributed by atoms with E-state index in [9.17, 15) is 14.0 Å². The second-order valence-corrected chi connectivity index (χ2v) is 5.94. The molecule has 1 N–H and O–H groups in total. The van der Waals surface area contributed by atoms with Gasteiger partial charge in [-0.25, -0.2) is 4.99 Å². The van der Waals surface area contributed by atoms with Crippen LogP contribution >= 0.6 is 11.8 Å². The van der Waals surface area contributed by atoms with Gasteiger partial charge in [-0.1, -0.05) is 11.8 Å². The number of rotatable bonds is 5. The lowest BCUT2D eigenvalue weighted by Crippen LogP contribution is -2.28. The van der Waals surface area contributed by atoms with E-state index in [4.69, 9.17) is 14.2 Å². The second kappa shape index (κ2) is 8.19. The normalized spacial score (nSPS) is 18.8. The third-order valence-corrected chi connectivity index (χ3v) is 3.62. The molecule has 25 heavy (non-hydrogen) atoms. The van der Waals surface area contributed by atoms with Gasteiger partial charge >= 0.3 is 12.0 Å². The van der Waals surface area contributed by atoms with Crippen molar-refractivity contribution in [3.05, 3.63) is 18.2 Å². The van der Waals surface area contributed by atoms with Crippen LogP contribution in [0.4, 0.5) is 10.1 Å². The Morgan fingerprint density at radius 3 is 2.72 bits per heavy atom. The molecule has 136 valence electrons. The Bertz CT molecular complexity index is 693. The molecule has 1 aliphatic rings. The zero-order valence-corrected chi connectivity index (χ0v) is 14.9. The topological polar surface area (TPSA) is 86.2 Å². The molecule has 1 aliphatic heterocycles. The van der Waals surface area contributed by atoms with Gasteiger partial charge in [0.05, 0.1) is 18.7 Å². The molecule has 1 atom stereocenters. The average molecular weight is 370 g/mol. The number of esters is 1. The minimum absolute atomic E-state index is 0.000240. The van der Waals surface area contributed by atoms with Gasteiger partial charge in [-0.05, 0) is 25.3 Å². The lowest BCUT2D eigenvalue weighted by Gasteiger charge is -2.10. The number of halogens is 1. The lowest BCUT2D eigenvalue weighted by atomic mass is 10.3.